The van der Waals surface area contributed by atoms with Gasteiger partial charge in [-0.1, -0.05) is 36.4 Å². The van der Waals surface area contributed by atoms with E-state index >= 15 is 0 Å². The van der Waals surface area contributed by atoms with E-state index in [-0.39, 0.29) is 18.3 Å². The van der Waals surface area contributed by atoms with Crippen molar-refractivity contribution in [2.75, 3.05) is 21.3 Å². The second-order valence-corrected chi connectivity index (χ2v) is 7.99. The Morgan fingerprint density at radius 3 is 2.48 bits per heavy atom. The van der Waals surface area contributed by atoms with Gasteiger partial charge < -0.3 is 14.2 Å². The van der Waals surface area contributed by atoms with Crippen LogP contribution in [0.1, 0.15) is 39.8 Å². The van der Waals surface area contributed by atoms with Gasteiger partial charge in [0.15, 0.2) is 28.6 Å². The van der Waals surface area contributed by atoms with Gasteiger partial charge in [0.25, 0.3) is 0 Å². The van der Waals surface area contributed by atoms with E-state index < -0.39 is 0 Å². The molecule has 33 heavy (non-hydrogen) atoms. The molecule has 0 unspecified atom stereocenters. The predicted molar refractivity (Wildman–Crippen MR) is 122 cm³/mol. The van der Waals surface area contributed by atoms with E-state index in [1.807, 2.05) is 36.4 Å². The van der Waals surface area contributed by atoms with Gasteiger partial charge in [0.05, 0.1) is 37.8 Å². The molecular weight excluding hydrogens is 420 g/mol. The highest BCUT2D eigenvalue weighted by molar-refractivity contribution is 5.97. The summed E-state index contributed by atoms with van der Waals surface area (Å²) < 4.78 is 18.1. The Labute approximate surface area is 191 Å². The molecule has 2 aromatic heterocycles. The van der Waals surface area contributed by atoms with Crippen LogP contribution in [0.25, 0.3) is 16.8 Å². The van der Waals surface area contributed by atoms with Crippen molar-refractivity contribution >= 4 is 11.4 Å². The molecule has 0 amide bonds. The lowest BCUT2D eigenvalue weighted by molar-refractivity contribution is 0.0955. The molecule has 2 heterocycles. The molecule has 168 valence electrons. The van der Waals surface area contributed by atoms with Crippen LogP contribution >= 0.6 is 0 Å². The number of fused-ring (bicyclic) bond motifs is 3. The van der Waals surface area contributed by atoms with Gasteiger partial charge in [-0.15, -0.1) is 10.2 Å². The quantitative estimate of drug-likeness (QED) is 0.446. The zero-order valence-electron chi connectivity index (χ0n) is 18.7. The normalized spacial score (nSPS) is 15.5. The largest absolute Gasteiger partial charge is 0.493 e. The van der Waals surface area contributed by atoms with E-state index in [2.05, 4.69) is 22.3 Å². The van der Waals surface area contributed by atoms with Crippen LogP contribution in [0.3, 0.4) is 0 Å². The maximum absolute atomic E-state index is 13.0. The number of carbonyl (C=O) groups is 1. The van der Waals surface area contributed by atoms with E-state index in [9.17, 15) is 4.79 Å². The molecule has 1 atom stereocenters. The predicted octanol–water partition coefficient (Wildman–Crippen LogP) is 3.87. The van der Waals surface area contributed by atoms with Crippen LogP contribution in [-0.2, 0) is 17.8 Å². The average Bonchev–Trinajstić information content (AvgIpc) is 3.22. The Morgan fingerprint density at radius 2 is 1.76 bits per heavy atom. The second kappa shape index (κ2) is 8.63. The number of hydrogen-bond acceptors (Lipinski definition) is 7. The van der Waals surface area contributed by atoms with Crippen LogP contribution in [0.4, 0.5) is 0 Å². The standard InChI is InChI=1S/C25H24N4O4/c1-31-14-18-23(16-9-10-21(32-2)22(13-16)33-3)25-27-26-24-19(29(25)28-18)11-17(12-20(24)30)15-7-5-4-6-8-15/h4-10,13,17H,11-12,14H2,1-3H3/t17-/m0/s1. The average molecular weight is 444 g/mol. The first-order valence-corrected chi connectivity index (χ1v) is 10.7. The van der Waals surface area contributed by atoms with E-state index in [0.29, 0.717) is 41.4 Å². The summed E-state index contributed by atoms with van der Waals surface area (Å²) in [6, 6.07) is 15.7. The lowest BCUT2D eigenvalue weighted by Crippen LogP contribution is -2.24. The number of ether oxygens (including phenoxy) is 3. The van der Waals surface area contributed by atoms with Crippen LogP contribution in [0.5, 0.6) is 11.5 Å². The summed E-state index contributed by atoms with van der Waals surface area (Å²) in [5.41, 5.74) is 5.23. The van der Waals surface area contributed by atoms with Crippen molar-refractivity contribution in [2.24, 2.45) is 0 Å². The SMILES string of the molecule is COCc1nn2c3c(nnc2c1-c1ccc(OC)c(OC)c1)C(=O)C[C@@H](c1ccccc1)C3. The van der Waals surface area contributed by atoms with Gasteiger partial charge in [-0.3, -0.25) is 4.79 Å². The Morgan fingerprint density at radius 1 is 0.970 bits per heavy atom. The summed E-state index contributed by atoms with van der Waals surface area (Å²) in [6.07, 6.45) is 1.06. The van der Waals surface area contributed by atoms with Crippen LogP contribution in [0.15, 0.2) is 48.5 Å². The highest BCUT2D eigenvalue weighted by Crippen LogP contribution is 2.37. The van der Waals surface area contributed by atoms with Gasteiger partial charge in [0, 0.05) is 13.5 Å². The minimum absolute atomic E-state index is 0.0176. The lowest BCUT2D eigenvalue weighted by Gasteiger charge is -2.23. The molecular formula is C25H24N4O4. The van der Waals surface area contributed by atoms with Crippen molar-refractivity contribution in [2.45, 2.75) is 25.4 Å². The summed E-state index contributed by atoms with van der Waals surface area (Å²) in [6.45, 7) is 0.290. The highest BCUT2D eigenvalue weighted by Gasteiger charge is 2.32. The lowest BCUT2D eigenvalue weighted by atomic mass is 9.83. The third-order valence-corrected chi connectivity index (χ3v) is 6.07. The molecule has 0 aliphatic heterocycles. The molecule has 0 radical (unpaired) electrons. The van der Waals surface area contributed by atoms with Gasteiger partial charge >= 0.3 is 0 Å². The number of methoxy groups -OCH3 is 3. The van der Waals surface area contributed by atoms with Crippen LogP contribution in [0, 0.1) is 0 Å². The monoisotopic (exact) mass is 444 g/mol. The first-order chi connectivity index (χ1) is 16.1. The number of carbonyl (C=O) groups excluding carboxylic acids is 1. The van der Waals surface area contributed by atoms with Crippen LogP contribution in [0.2, 0.25) is 0 Å². The second-order valence-electron chi connectivity index (χ2n) is 7.99. The highest BCUT2D eigenvalue weighted by atomic mass is 16.5. The number of Topliss-reactive ketones (excluding diaryl/α,β-unsaturated/α-hetero) is 1. The van der Waals surface area contributed by atoms with Gasteiger partial charge in [-0.05, 0) is 35.6 Å². The molecule has 4 aromatic rings. The Balaban J connectivity index is 1.69. The van der Waals surface area contributed by atoms with Crippen molar-refractivity contribution in [1.82, 2.24) is 19.8 Å². The topological polar surface area (TPSA) is 87.8 Å². The number of rotatable bonds is 6. The van der Waals surface area contributed by atoms with Crippen LogP contribution in [-0.4, -0.2) is 46.9 Å². The zero-order chi connectivity index (χ0) is 22.9. The third-order valence-electron chi connectivity index (χ3n) is 6.07. The molecule has 0 N–H and O–H groups in total. The number of aromatic nitrogens is 4. The molecule has 1 aliphatic rings. The van der Waals surface area contributed by atoms with Gasteiger partial charge in [-0.2, -0.15) is 5.10 Å². The molecule has 0 spiro atoms. The van der Waals surface area contributed by atoms with Crippen molar-refractivity contribution in [3.63, 3.8) is 0 Å². The summed E-state index contributed by atoms with van der Waals surface area (Å²) in [7, 11) is 4.82. The number of ketones is 1. The summed E-state index contributed by atoms with van der Waals surface area (Å²) in [5.74, 6) is 1.28. The molecule has 0 fully saturated rings. The first-order valence-electron chi connectivity index (χ1n) is 10.7. The Hall–Kier alpha value is -3.78. The zero-order valence-corrected chi connectivity index (χ0v) is 18.7. The van der Waals surface area contributed by atoms with Crippen molar-refractivity contribution < 1.29 is 19.0 Å². The fourth-order valence-electron chi connectivity index (χ4n) is 4.50. The third kappa shape index (κ3) is 3.62. The molecule has 0 bridgehead atoms. The minimum Gasteiger partial charge on any atom is -0.493 e. The van der Waals surface area contributed by atoms with Gasteiger partial charge in [-0.25, -0.2) is 4.52 Å². The molecule has 8 nitrogen and oxygen atoms in total. The van der Waals surface area contributed by atoms with Crippen molar-refractivity contribution in [3.8, 4) is 22.6 Å². The molecule has 0 saturated carbocycles. The number of hydrogen-bond donors (Lipinski definition) is 0. The fourth-order valence-corrected chi connectivity index (χ4v) is 4.50. The molecule has 0 saturated heterocycles. The van der Waals surface area contributed by atoms with Crippen molar-refractivity contribution in [1.29, 1.82) is 0 Å². The molecule has 2 aromatic carbocycles. The van der Waals surface area contributed by atoms with Gasteiger partial charge in [0.1, 0.15) is 0 Å². The minimum atomic E-state index is -0.0176. The number of nitrogens with zero attached hydrogens (tertiary/aromatic N) is 4. The van der Waals surface area contributed by atoms with Crippen molar-refractivity contribution in [3.05, 3.63) is 71.2 Å². The summed E-state index contributed by atoms with van der Waals surface area (Å²) in [4.78, 5) is 13.0. The first kappa shape index (κ1) is 21.1. The summed E-state index contributed by atoms with van der Waals surface area (Å²) >= 11 is 0. The smallest absolute Gasteiger partial charge is 0.185 e. The number of benzene rings is 2. The maximum atomic E-state index is 13.0. The molecule has 1 aliphatic carbocycles. The molecule has 5 rings (SSSR count). The van der Waals surface area contributed by atoms with Gasteiger partial charge in [0.2, 0.25) is 0 Å². The van der Waals surface area contributed by atoms with Crippen LogP contribution < -0.4 is 9.47 Å². The van der Waals surface area contributed by atoms with E-state index in [4.69, 9.17) is 19.3 Å². The maximum Gasteiger partial charge on any atom is 0.185 e. The Bertz CT molecular complexity index is 1330. The van der Waals surface area contributed by atoms with E-state index in [0.717, 1.165) is 22.4 Å². The fraction of sp³-hybridized carbons (Fsp3) is 0.280. The summed E-state index contributed by atoms with van der Waals surface area (Å²) in [5, 5.41) is 13.6. The van der Waals surface area contributed by atoms with E-state index in [1.165, 1.54) is 0 Å². The Kier molecular flexibility index (Phi) is 5.51. The van der Waals surface area contributed by atoms with E-state index in [1.54, 1.807) is 25.8 Å². The molecule has 8 heteroatoms.